The molecule has 2 aromatic carbocycles. The van der Waals surface area contributed by atoms with Crippen LogP contribution in [0.2, 0.25) is 5.02 Å². The van der Waals surface area contributed by atoms with Gasteiger partial charge in [0.2, 0.25) is 0 Å². The lowest BCUT2D eigenvalue weighted by Crippen LogP contribution is -2.28. The Balaban J connectivity index is 1.38. The maximum atomic E-state index is 10.5. The van der Waals surface area contributed by atoms with Crippen LogP contribution < -0.4 is 0 Å². The predicted octanol–water partition coefficient (Wildman–Crippen LogP) is 7.65. The second kappa shape index (κ2) is 9.85. The summed E-state index contributed by atoms with van der Waals surface area (Å²) in [6.45, 7) is 3.78. The van der Waals surface area contributed by atoms with Crippen LogP contribution in [0.3, 0.4) is 0 Å². The van der Waals surface area contributed by atoms with Gasteiger partial charge in [0.15, 0.2) is 0 Å². The quantitative estimate of drug-likeness (QED) is 0.406. The van der Waals surface area contributed by atoms with E-state index in [4.69, 9.17) is 16.6 Å². The zero-order chi connectivity index (χ0) is 22.6. The molecule has 0 saturated heterocycles. The van der Waals surface area contributed by atoms with E-state index in [1.165, 1.54) is 11.1 Å². The van der Waals surface area contributed by atoms with Crippen molar-refractivity contribution < 1.29 is 5.11 Å². The van der Waals surface area contributed by atoms with Crippen molar-refractivity contribution in [3.63, 3.8) is 0 Å². The fourth-order valence-corrected chi connectivity index (χ4v) is 4.61. The minimum atomic E-state index is -0.748. The monoisotopic (exact) mass is 443 g/mol. The van der Waals surface area contributed by atoms with Crippen LogP contribution in [0.25, 0.3) is 23.1 Å². The van der Waals surface area contributed by atoms with Crippen molar-refractivity contribution in [2.75, 3.05) is 0 Å². The minimum absolute atomic E-state index is 0.426. The van der Waals surface area contributed by atoms with Crippen molar-refractivity contribution in [2.45, 2.75) is 45.1 Å². The van der Waals surface area contributed by atoms with E-state index in [0.717, 1.165) is 47.9 Å². The van der Waals surface area contributed by atoms with Crippen LogP contribution in [-0.4, -0.2) is 15.7 Å². The fraction of sp³-hybridized carbons (Fsp3) is 0.276. The molecule has 4 rings (SSSR count). The molecule has 32 heavy (non-hydrogen) atoms. The van der Waals surface area contributed by atoms with Crippen LogP contribution in [0.5, 0.6) is 0 Å². The van der Waals surface area contributed by atoms with Gasteiger partial charge in [-0.05, 0) is 86.4 Å². The van der Waals surface area contributed by atoms with Crippen molar-refractivity contribution in [3.05, 3.63) is 100 Å². The average molecular weight is 444 g/mol. The molecule has 1 unspecified atom stereocenters. The Morgan fingerprint density at radius 1 is 1.09 bits per heavy atom. The summed E-state index contributed by atoms with van der Waals surface area (Å²) in [5.41, 5.74) is 4.74. The maximum absolute atomic E-state index is 10.5. The van der Waals surface area contributed by atoms with Crippen LogP contribution in [0, 0.1) is 5.92 Å². The van der Waals surface area contributed by atoms with Gasteiger partial charge in [-0.25, -0.2) is 4.98 Å². The van der Waals surface area contributed by atoms with Gasteiger partial charge in [-0.1, -0.05) is 72.3 Å². The van der Waals surface area contributed by atoms with E-state index >= 15 is 0 Å². The standard InChI is InChI=1S/C29H30ClNO/c1-29(2,32)27-12-4-3-10-23(27)11-6-9-21-7-5-8-22(19-21)13-17-26-18-15-24-14-16-25(30)20-28(24)31-26/h3-5,7-8,12-20,23,32H,6,9-11H2,1-2H3/b17-13+. The normalized spacial score (nSPS) is 16.6. The van der Waals surface area contributed by atoms with Gasteiger partial charge in [0, 0.05) is 10.4 Å². The zero-order valence-corrected chi connectivity index (χ0v) is 19.5. The molecule has 3 heteroatoms. The lowest BCUT2D eigenvalue weighted by molar-refractivity contribution is 0.105. The molecule has 0 bridgehead atoms. The topological polar surface area (TPSA) is 33.1 Å². The first kappa shape index (κ1) is 22.5. The molecule has 1 aliphatic rings. The van der Waals surface area contributed by atoms with E-state index in [9.17, 15) is 5.11 Å². The number of allylic oxidation sites excluding steroid dienone is 3. The minimum Gasteiger partial charge on any atom is -0.386 e. The number of benzene rings is 2. The van der Waals surface area contributed by atoms with Gasteiger partial charge in [-0.15, -0.1) is 0 Å². The molecule has 1 atom stereocenters. The van der Waals surface area contributed by atoms with Crippen molar-refractivity contribution >= 4 is 34.7 Å². The third-order valence-electron chi connectivity index (χ3n) is 6.07. The van der Waals surface area contributed by atoms with E-state index in [-0.39, 0.29) is 0 Å². The first-order valence-electron chi connectivity index (χ1n) is 11.3. The first-order valence-corrected chi connectivity index (χ1v) is 11.7. The number of pyridine rings is 1. The maximum Gasteiger partial charge on any atom is 0.0806 e. The number of hydrogen-bond donors (Lipinski definition) is 1. The summed E-state index contributed by atoms with van der Waals surface area (Å²) in [6.07, 6.45) is 14.8. The third-order valence-corrected chi connectivity index (χ3v) is 6.31. The summed E-state index contributed by atoms with van der Waals surface area (Å²) < 4.78 is 0. The first-order chi connectivity index (χ1) is 15.4. The average Bonchev–Trinajstić information content (AvgIpc) is 2.77. The van der Waals surface area contributed by atoms with Gasteiger partial charge in [0.05, 0.1) is 16.8 Å². The van der Waals surface area contributed by atoms with Gasteiger partial charge in [0.1, 0.15) is 0 Å². The molecule has 1 heterocycles. The second-order valence-corrected chi connectivity index (χ2v) is 9.52. The van der Waals surface area contributed by atoms with E-state index in [1.54, 1.807) is 0 Å². The Morgan fingerprint density at radius 3 is 2.78 bits per heavy atom. The number of hydrogen-bond acceptors (Lipinski definition) is 2. The van der Waals surface area contributed by atoms with Gasteiger partial charge >= 0.3 is 0 Å². The summed E-state index contributed by atoms with van der Waals surface area (Å²) in [4.78, 5) is 4.70. The second-order valence-electron chi connectivity index (χ2n) is 9.09. The Hall–Kier alpha value is -2.68. The van der Waals surface area contributed by atoms with Crippen LogP contribution in [0.4, 0.5) is 0 Å². The highest BCUT2D eigenvalue weighted by Crippen LogP contribution is 2.33. The Labute approximate surface area is 196 Å². The Kier molecular flexibility index (Phi) is 6.93. The molecular formula is C29H30ClNO. The molecule has 1 N–H and O–H groups in total. The lowest BCUT2D eigenvalue weighted by atomic mass is 9.79. The molecule has 0 amide bonds. The summed E-state index contributed by atoms with van der Waals surface area (Å²) in [5, 5.41) is 12.3. The summed E-state index contributed by atoms with van der Waals surface area (Å²) in [5.74, 6) is 0.426. The molecule has 1 aliphatic carbocycles. The smallest absolute Gasteiger partial charge is 0.0806 e. The predicted molar refractivity (Wildman–Crippen MR) is 137 cm³/mol. The molecular weight excluding hydrogens is 414 g/mol. The molecule has 0 spiro atoms. The number of aryl methyl sites for hydroxylation is 1. The van der Waals surface area contributed by atoms with Crippen LogP contribution in [0.15, 0.2) is 78.4 Å². The summed E-state index contributed by atoms with van der Waals surface area (Å²) in [7, 11) is 0. The molecule has 0 fully saturated rings. The van der Waals surface area contributed by atoms with Gasteiger partial charge in [-0.3, -0.25) is 0 Å². The largest absolute Gasteiger partial charge is 0.386 e. The number of aromatic nitrogens is 1. The van der Waals surface area contributed by atoms with Crippen molar-refractivity contribution in [1.82, 2.24) is 4.98 Å². The molecule has 2 nitrogen and oxygen atoms in total. The van der Waals surface area contributed by atoms with E-state index in [0.29, 0.717) is 10.9 Å². The van der Waals surface area contributed by atoms with Crippen molar-refractivity contribution in [1.29, 1.82) is 0 Å². The lowest BCUT2D eigenvalue weighted by Gasteiger charge is -2.30. The fourth-order valence-electron chi connectivity index (χ4n) is 4.44. The summed E-state index contributed by atoms with van der Waals surface area (Å²) >= 11 is 6.11. The SMILES string of the molecule is CC(C)(O)C1=CC=CCC1CCCc1cccc(/C=C/c2ccc3ccc(Cl)cc3n2)c1. The van der Waals surface area contributed by atoms with Gasteiger partial charge < -0.3 is 5.11 Å². The number of nitrogens with zero attached hydrogens (tertiary/aromatic N) is 1. The number of rotatable bonds is 7. The number of fused-ring (bicyclic) bond motifs is 1. The highest BCUT2D eigenvalue weighted by atomic mass is 35.5. The molecule has 0 radical (unpaired) electrons. The molecule has 1 aromatic heterocycles. The summed E-state index contributed by atoms with van der Waals surface area (Å²) in [6, 6.07) is 18.6. The Morgan fingerprint density at radius 2 is 1.94 bits per heavy atom. The number of halogens is 1. The Bertz CT molecular complexity index is 1180. The zero-order valence-electron chi connectivity index (χ0n) is 18.8. The van der Waals surface area contributed by atoms with Crippen LogP contribution in [-0.2, 0) is 6.42 Å². The van der Waals surface area contributed by atoms with E-state index in [2.05, 4.69) is 54.6 Å². The van der Waals surface area contributed by atoms with Crippen molar-refractivity contribution in [3.8, 4) is 0 Å². The molecule has 0 aliphatic heterocycles. The van der Waals surface area contributed by atoms with Crippen LogP contribution in [0.1, 0.15) is 49.9 Å². The third kappa shape index (κ3) is 5.76. The van der Waals surface area contributed by atoms with Crippen molar-refractivity contribution in [2.24, 2.45) is 5.92 Å². The van der Waals surface area contributed by atoms with Gasteiger partial charge in [-0.2, -0.15) is 0 Å². The molecule has 3 aromatic rings. The number of aliphatic hydroxyl groups is 1. The highest BCUT2D eigenvalue weighted by Gasteiger charge is 2.27. The van der Waals surface area contributed by atoms with Crippen LogP contribution >= 0.6 is 11.6 Å². The molecule has 0 saturated carbocycles. The highest BCUT2D eigenvalue weighted by molar-refractivity contribution is 6.31. The van der Waals surface area contributed by atoms with E-state index < -0.39 is 5.60 Å². The van der Waals surface area contributed by atoms with E-state index in [1.807, 2.05) is 44.2 Å². The molecule has 164 valence electrons. The van der Waals surface area contributed by atoms with Gasteiger partial charge in [0.25, 0.3) is 0 Å².